The highest BCUT2D eigenvalue weighted by Gasteiger charge is 2.25. The molecule has 6 nitrogen and oxygen atoms in total. The summed E-state index contributed by atoms with van der Waals surface area (Å²) in [5.41, 5.74) is 2.90. The molecule has 6 heteroatoms. The number of carbonyl (C=O) groups is 1. The number of pyridine rings is 1. The standard InChI is InChI=1S/C15H19N5O/c1-3-15(21)18-13-7-6-11(9(2)16-13)17-14-8-12(19-20-14)10-4-5-10/h6-8,10H,3-5H2,1-2H3,(H,16,18,21)(H2,17,19,20). The van der Waals surface area contributed by atoms with E-state index in [1.165, 1.54) is 18.5 Å². The van der Waals surface area contributed by atoms with Gasteiger partial charge in [-0.05, 0) is 31.9 Å². The van der Waals surface area contributed by atoms with Crippen molar-refractivity contribution >= 4 is 23.2 Å². The summed E-state index contributed by atoms with van der Waals surface area (Å²) in [6.07, 6.45) is 2.93. The Labute approximate surface area is 123 Å². The van der Waals surface area contributed by atoms with E-state index in [2.05, 4.69) is 25.8 Å². The van der Waals surface area contributed by atoms with Gasteiger partial charge in [0, 0.05) is 24.1 Å². The molecule has 0 aromatic carbocycles. The van der Waals surface area contributed by atoms with Gasteiger partial charge in [0.25, 0.3) is 0 Å². The SMILES string of the molecule is CCC(=O)Nc1ccc(Nc2cc(C3CC3)[nH]n2)c(C)n1. The minimum absolute atomic E-state index is 0.0380. The van der Waals surface area contributed by atoms with Crippen LogP contribution in [0.3, 0.4) is 0 Å². The van der Waals surface area contributed by atoms with Gasteiger partial charge < -0.3 is 10.6 Å². The van der Waals surface area contributed by atoms with Crippen LogP contribution in [0.15, 0.2) is 18.2 Å². The van der Waals surface area contributed by atoms with Gasteiger partial charge in [-0.3, -0.25) is 9.89 Å². The Kier molecular flexibility index (Phi) is 3.60. The molecule has 0 bridgehead atoms. The average Bonchev–Trinajstić information content (AvgIpc) is 3.22. The highest BCUT2D eigenvalue weighted by Crippen LogP contribution is 2.39. The molecule has 1 aliphatic carbocycles. The lowest BCUT2D eigenvalue weighted by Gasteiger charge is -2.09. The number of anilines is 3. The Bertz CT molecular complexity index is 660. The number of aromatic amines is 1. The average molecular weight is 285 g/mol. The molecule has 2 aromatic heterocycles. The van der Waals surface area contributed by atoms with Crippen LogP contribution < -0.4 is 10.6 Å². The Balaban J connectivity index is 1.71. The van der Waals surface area contributed by atoms with Gasteiger partial charge in [0.15, 0.2) is 5.82 Å². The number of rotatable bonds is 5. The van der Waals surface area contributed by atoms with E-state index in [4.69, 9.17) is 0 Å². The van der Waals surface area contributed by atoms with Crippen molar-refractivity contribution in [3.05, 3.63) is 29.6 Å². The van der Waals surface area contributed by atoms with E-state index < -0.39 is 0 Å². The van der Waals surface area contributed by atoms with Crippen LogP contribution >= 0.6 is 0 Å². The molecule has 0 radical (unpaired) electrons. The lowest BCUT2D eigenvalue weighted by atomic mass is 10.3. The van der Waals surface area contributed by atoms with E-state index in [1.54, 1.807) is 6.07 Å². The fourth-order valence-corrected chi connectivity index (χ4v) is 2.14. The number of nitrogens with zero attached hydrogens (tertiary/aromatic N) is 2. The first-order valence-corrected chi connectivity index (χ1v) is 7.25. The predicted molar refractivity (Wildman–Crippen MR) is 81.7 cm³/mol. The zero-order valence-electron chi connectivity index (χ0n) is 12.2. The fraction of sp³-hybridized carbons (Fsp3) is 0.400. The monoisotopic (exact) mass is 285 g/mol. The first-order valence-electron chi connectivity index (χ1n) is 7.25. The van der Waals surface area contributed by atoms with Crippen LogP contribution in [-0.2, 0) is 4.79 Å². The maximum absolute atomic E-state index is 11.4. The summed E-state index contributed by atoms with van der Waals surface area (Å²) in [4.78, 5) is 15.7. The number of hydrogen-bond acceptors (Lipinski definition) is 4. The van der Waals surface area contributed by atoms with Crippen LogP contribution in [0.5, 0.6) is 0 Å². The zero-order chi connectivity index (χ0) is 14.8. The number of aryl methyl sites for hydroxylation is 1. The van der Waals surface area contributed by atoms with E-state index in [1.807, 2.05) is 26.0 Å². The molecule has 21 heavy (non-hydrogen) atoms. The smallest absolute Gasteiger partial charge is 0.225 e. The normalized spacial score (nSPS) is 14.0. The van der Waals surface area contributed by atoms with E-state index >= 15 is 0 Å². The van der Waals surface area contributed by atoms with Gasteiger partial charge in [0.05, 0.1) is 11.4 Å². The lowest BCUT2D eigenvalue weighted by Crippen LogP contribution is -2.11. The maximum atomic E-state index is 11.4. The lowest BCUT2D eigenvalue weighted by molar-refractivity contribution is -0.115. The first kappa shape index (κ1) is 13.6. The second kappa shape index (κ2) is 5.55. The number of H-pyrrole nitrogens is 1. The molecule has 2 heterocycles. The molecule has 1 saturated carbocycles. The van der Waals surface area contributed by atoms with Crippen LogP contribution in [0, 0.1) is 6.92 Å². The van der Waals surface area contributed by atoms with Crippen molar-refractivity contribution in [2.75, 3.05) is 10.6 Å². The van der Waals surface area contributed by atoms with Crippen LogP contribution in [0.1, 0.15) is 43.5 Å². The summed E-state index contributed by atoms with van der Waals surface area (Å²) >= 11 is 0. The van der Waals surface area contributed by atoms with E-state index in [0.29, 0.717) is 18.2 Å². The Morgan fingerprint density at radius 3 is 2.86 bits per heavy atom. The molecule has 1 aliphatic rings. The summed E-state index contributed by atoms with van der Waals surface area (Å²) in [5, 5.41) is 13.3. The number of hydrogen-bond donors (Lipinski definition) is 3. The maximum Gasteiger partial charge on any atom is 0.225 e. The quantitative estimate of drug-likeness (QED) is 0.788. The summed E-state index contributed by atoms with van der Waals surface area (Å²) in [6.45, 7) is 3.71. The van der Waals surface area contributed by atoms with Gasteiger partial charge in [-0.25, -0.2) is 4.98 Å². The van der Waals surface area contributed by atoms with Crippen molar-refractivity contribution in [2.45, 2.75) is 39.0 Å². The zero-order valence-corrected chi connectivity index (χ0v) is 12.2. The van der Waals surface area contributed by atoms with Crippen LogP contribution in [0.4, 0.5) is 17.3 Å². The molecule has 3 N–H and O–H groups in total. The van der Waals surface area contributed by atoms with Crippen molar-refractivity contribution in [2.24, 2.45) is 0 Å². The van der Waals surface area contributed by atoms with Crippen LogP contribution in [0.25, 0.3) is 0 Å². The van der Waals surface area contributed by atoms with Crippen LogP contribution in [0.2, 0.25) is 0 Å². The molecule has 0 unspecified atom stereocenters. The second-order valence-corrected chi connectivity index (χ2v) is 5.34. The fourth-order valence-electron chi connectivity index (χ4n) is 2.14. The summed E-state index contributed by atoms with van der Waals surface area (Å²) in [7, 11) is 0. The van der Waals surface area contributed by atoms with Gasteiger partial charge in [-0.15, -0.1) is 0 Å². The van der Waals surface area contributed by atoms with Crippen molar-refractivity contribution < 1.29 is 4.79 Å². The molecular weight excluding hydrogens is 266 g/mol. The third-order valence-corrected chi connectivity index (χ3v) is 3.55. The van der Waals surface area contributed by atoms with Gasteiger partial charge in [0.1, 0.15) is 5.82 Å². The summed E-state index contributed by atoms with van der Waals surface area (Å²) < 4.78 is 0. The highest BCUT2D eigenvalue weighted by molar-refractivity contribution is 5.89. The van der Waals surface area contributed by atoms with E-state index in [9.17, 15) is 4.79 Å². The molecular formula is C15H19N5O. The second-order valence-electron chi connectivity index (χ2n) is 5.34. The third-order valence-electron chi connectivity index (χ3n) is 3.55. The van der Waals surface area contributed by atoms with Gasteiger partial charge in [-0.1, -0.05) is 6.92 Å². The highest BCUT2D eigenvalue weighted by atomic mass is 16.1. The van der Waals surface area contributed by atoms with Crippen molar-refractivity contribution in [1.29, 1.82) is 0 Å². The van der Waals surface area contributed by atoms with Gasteiger partial charge in [-0.2, -0.15) is 5.10 Å². The minimum Gasteiger partial charge on any atom is -0.337 e. The largest absolute Gasteiger partial charge is 0.337 e. The number of nitrogens with one attached hydrogen (secondary N) is 3. The molecule has 1 amide bonds. The molecule has 2 aromatic rings. The molecule has 0 spiro atoms. The van der Waals surface area contributed by atoms with E-state index in [0.717, 1.165) is 17.2 Å². The van der Waals surface area contributed by atoms with Gasteiger partial charge in [0.2, 0.25) is 5.91 Å². The van der Waals surface area contributed by atoms with E-state index in [-0.39, 0.29) is 5.91 Å². The van der Waals surface area contributed by atoms with Crippen molar-refractivity contribution in [3.8, 4) is 0 Å². The summed E-state index contributed by atoms with van der Waals surface area (Å²) in [6, 6.07) is 5.74. The number of carbonyl (C=O) groups excluding carboxylic acids is 1. The Morgan fingerprint density at radius 2 is 2.19 bits per heavy atom. The molecule has 110 valence electrons. The Hall–Kier alpha value is -2.37. The topological polar surface area (TPSA) is 82.7 Å². The third kappa shape index (κ3) is 3.21. The predicted octanol–water partition coefficient (Wildman–Crippen LogP) is 3.08. The molecule has 0 atom stereocenters. The number of aromatic nitrogens is 3. The van der Waals surface area contributed by atoms with Crippen LogP contribution in [-0.4, -0.2) is 21.1 Å². The Morgan fingerprint density at radius 1 is 1.38 bits per heavy atom. The minimum atomic E-state index is -0.0380. The first-order chi connectivity index (χ1) is 10.2. The van der Waals surface area contributed by atoms with Gasteiger partial charge >= 0.3 is 0 Å². The van der Waals surface area contributed by atoms with Crippen molar-refractivity contribution in [1.82, 2.24) is 15.2 Å². The molecule has 0 aliphatic heterocycles. The molecule has 1 fully saturated rings. The molecule has 0 saturated heterocycles. The summed E-state index contributed by atoms with van der Waals surface area (Å²) in [5.74, 6) is 1.99. The molecule has 3 rings (SSSR count). The van der Waals surface area contributed by atoms with Crippen molar-refractivity contribution in [3.63, 3.8) is 0 Å². The number of amides is 1.